The van der Waals surface area contributed by atoms with Gasteiger partial charge in [-0.1, -0.05) is 41.1 Å². The van der Waals surface area contributed by atoms with Crippen LogP contribution in [0.4, 0.5) is 37.3 Å². The second kappa shape index (κ2) is 11.9. The molecule has 41 heavy (non-hydrogen) atoms. The van der Waals surface area contributed by atoms with Crippen molar-refractivity contribution in [2.24, 2.45) is 0 Å². The van der Waals surface area contributed by atoms with Gasteiger partial charge in [0, 0.05) is 36.8 Å². The number of aryl methyl sites for hydroxylation is 2. The number of para-hydroxylation sites is 1. The molecule has 1 aliphatic rings. The zero-order valence-electron chi connectivity index (χ0n) is 21.9. The molecule has 0 saturated carbocycles. The molecule has 2 aromatic carbocycles. The van der Waals surface area contributed by atoms with Crippen LogP contribution < -0.4 is 26.2 Å². The molecule has 0 aliphatic carbocycles. The van der Waals surface area contributed by atoms with Crippen LogP contribution in [0.1, 0.15) is 33.0 Å². The Balaban J connectivity index is 1.23. The second-order valence-corrected chi connectivity index (χ2v) is 10.5. The van der Waals surface area contributed by atoms with Crippen LogP contribution in [-0.4, -0.2) is 39.3 Å². The van der Waals surface area contributed by atoms with Crippen molar-refractivity contribution in [1.29, 1.82) is 0 Å². The number of halogens is 2. The number of rotatable bonds is 8. The lowest BCUT2D eigenvalue weighted by Crippen LogP contribution is -2.49. The van der Waals surface area contributed by atoms with Crippen molar-refractivity contribution in [3.63, 3.8) is 0 Å². The minimum atomic E-state index is -0.577. The van der Waals surface area contributed by atoms with E-state index in [1.807, 2.05) is 19.1 Å². The molecule has 4 amide bonds. The van der Waals surface area contributed by atoms with E-state index in [-0.39, 0.29) is 31.3 Å². The fourth-order valence-electron chi connectivity index (χ4n) is 4.08. The Hall–Kier alpha value is -4.62. The summed E-state index contributed by atoms with van der Waals surface area (Å²) in [5.41, 5.74) is 2.10. The minimum Gasteiger partial charge on any atom is -0.366 e. The van der Waals surface area contributed by atoms with Crippen LogP contribution in [0.25, 0.3) is 0 Å². The first-order chi connectivity index (χ1) is 19.7. The third-order valence-corrected chi connectivity index (χ3v) is 7.35. The molecule has 4 N–H and O–H groups in total. The van der Waals surface area contributed by atoms with Crippen LogP contribution in [0.5, 0.6) is 0 Å². The number of hydrogen-bond donors (Lipinski definition) is 4. The van der Waals surface area contributed by atoms with Gasteiger partial charge < -0.3 is 16.0 Å². The van der Waals surface area contributed by atoms with Crippen molar-refractivity contribution in [3.05, 3.63) is 81.3 Å². The van der Waals surface area contributed by atoms with E-state index in [4.69, 9.17) is 11.6 Å². The Bertz CT molecular complexity index is 1640. The lowest BCUT2D eigenvalue weighted by Gasteiger charge is -2.26. The summed E-state index contributed by atoms with van der Waals surface area (Å²) < 4.78 is 14.8. The minimum absolute atomic E-state index is 0.121. The standard InChI is InChI=1S/C27H24ClFN8O3S/c1-14-4-3-5-18(28)24(14)36-25(39)20-13-31-26(41-20)34-22-11-21(32-15(2)33-22)30-12-16-6-7-17(10-19(16)29)37-9-8-23(38)35-27(37)40/h3-7,10-11,13H,8-9,12H2,1-2H3,(H,36,39)(H,35,38,40)(H2,30,31,32,33,34). The summed E-state index contributed by atoms with van der Waals surface area (Å²) in [5, 5.41) is 12.1. The summed E-state index contributed by atoms with van der Waals surface area (Å²) in [5.74, 6) is 0.138. The van der Waals surface area contributed by atoms with Crippen LogP contribution in [-0.2, 0) is 11.3 Å². The number of imide groups is 1. The van der Waals surface area contributed by atoms with Gasteiger partial charge in [-0.05, 0) is 37.6 Å². The van der Waals surface area contributed by atoms with Gasteiger partial charge in [0.2, 0.25) is 5.91 Å². The largest absolute Gasteiger partial charge is 0.366 e. The molecule has 2 aromatic heterocycles. The highest BCUT2D eigenvalue weighted by Crippen LogP contribution is 2.28. The van der Waals surface area contributed by atoms with Gasteiger partial charge in [-0.3, -0.25) is 19.8 Å². The summed E-state index contributed by atoms with van der Waals surface area (Å²) in [7, 11) is 0. The first-order valence-corrected chi connectivity index (χ1v) is 13.6. The van der Waals surface area contributed by atoms with Crippen LogP contribution >= 0.6 is 22.9 Å². The molecule has 1 aliphatic heterocycles. The highest BCUT2D eigenvalue weighted by Gasteiger charge is 2.24. The monoisotopic (exact) mass is 594 g/mol. The molecule has 210 valence electrons. The Morgan fingerprint density at radius 3 is 2.71 bits per heavy atom. The van der Waals surface area contributed by atoms with Gasteiger partial charge in [0.1, 0.15) is 28.2 Å². The van der Waals surface area contributed by atoms with Crippen molar-refractivity contribution in [3.8, 4) is 0 Å². The van der Waals surface area contributed by atoms with Gasteiger partial charge in [-0.25, -0.2) is 24.1 Å². The highest BCUT2D eigenvalue weighted by molar-refractivity contribution is 7.17. The van der Waals surface area contributed by atoms with E-state index in [1.54, 1.807) is 31.2 Å². The van der Waals surface area contributed by atoms with Gasteiger partial charge in [-0.2, -0.15) is 0 Å². The molecular weight excluding hydrogens is 571 g/mol. The number of nitrogens with one attached hydrogen (secondary N) is 4. The van der Waals surface area contributed by atoms with E-state index in [1.165, 1.54) is 17.2 Å². The molecule has 0 radical (unpaired) electrons. The van der Waals surface area contributed by atoms with Crippen LogP contribution in [0, 0.1) is 19.7 Å². The Morgan fingerprint density at radius 2 is 1.95 bits per heavy atom. The summed E-state index contributed by atoms with van der Waals surface area (Å²) in [4.78, 5) is 50.9. The lowest BCUT2D eigenvalue weighted by molar-refractivity contribution is -0.120. The van der Waals surface area contributed by atoms with Crippen molar-refractivity contribution in [2.75, 3.05) is 27.4 Å². The van der Waals surface area contributed by atoms with Crippen molar-refractivity contribution in [2.45, 2.75) is 26.8 Å². The number of aromatic nitrogens is 3. The maximum atomic E-state index is 14.8. The average molecular weight is 595 g/mol. The maximum Gasteiger partial charge on any atom is 0.328 e. The van der Waals surface area contributed by atoms with Gasteiger partial charge in [-0.15, -0.1) is 0 Å². The number of hydrogen-bond acceptors (Lipinski definition) is 9. The molecule has 0 bridgehead atoms. The number of benzene rings is 2. The van der Waals surface area contributed by atoms with E-state index >= 15 is 0 Å². The van der Waals surface area contributed by atoms with E-state index < -0.39 is 11.8 Å². The molecule has 3 heterocycles. The number of anilines is 5. The van der Waals surface area contributed by atoms with E-state index in [2.05, 4.69) is 36.2 Å². The first kappa shape index (κ1) is 27.9. The fraction of sp³-hybridized carbons (Fsp3) is 0.185. The third-order valence-electron chi connectivity index (χ3n) is 6.13. The SMILES string of the molecule is Cc1nc(NCc2ccc(N3CCC(=O)NC3=O)cc2F)cc(Nc2ncc(C(=O)Nc3c(C)cccc3Cl)s2)n1. The average Bonchev–Trinajstić information content (AvgIpc) is 3.38. The number of nitrogens with zero attached hydrogens (tertiary/aromatic N) is 4. The topological polar surface area (TPSA) is 141 Å². The van der Waals surface area contributed by atoms with Crippen molar-refractivity contribution >= 4 is 68.9 Å². The first-order valence-electron chi connectivity index (χ1n) is 12.4. The number of urea groups is 1. The quantitative estimate of drug-likeness (QED) is 0.213. The zero-order valence-corrected chi connectivity index (χ0v) is 23.5. The molecule has 1 saturated heterocycles. The summed E-state index contributed by atoms with van der Waals surface area (Å²) >= 11 is 7.36. The number of amides is 4. The Morgan fingerprint density at radius 1 is 1.15 bits per heavy atom. The molecule has 5 rings (SSSR count). The Kier molecular flexibility index (Phi) is 8.08. The predicted molar refractivity (Wildman–Crippen MR) is 156 cm³/mol. The molecule has 14 heteroatoms. The van der Waals surface area contributed by atoms with E-state index in [0.29, 0.717) is 49.4 Å². The fourth-order valence-corrected chi connectivity index (χ4v) is 5.07. The second-order valence-electron chi connectivity index (χ2n) is 9.11. The lowest BCUT2D eigenvalue weighted by atomic mass is 10.1. The van der Waals surface area contributed by atoms with E-state index in [9.17, 15) is 18.8 Å². The highest BCUT2D eigenvalue weighted by atomic mass is 35.5. The van der Waals surface area contributed by atoms with Crippen LogP contribution in [0.15, 0.2) is 48.7 Å². The maximum absolute atomic E-state index is 14.8. The zero-order chi connectivity index (χ0) is 29.1. The van der Waals surface area contributed by atoms with Crippen LogP contribution in [0.2, 0.25) is 5.02 Å². The molecule has 0 spiro atoms. The van der Waals surface area contributed by atoms with E-state index in [0.717, 1.165) is 16.9 Å². The number of carbonyl (C=O) groups excluding carboxylic acids is 3. The van der Waals surface area contributed by atoms with Gasteiger partial charge in [0.05, 0.1) is 16.9 Å². The van der Waals surface area contributed by atoms with Gasteiger partial charge in [0.25, 0.3) is 5.91 Å². The number of thiazole rings is 1. The van der Waals surface area contributed by atoms with Crippen molar-refractivity contribution in [1.82, 2.24) is 20.3 Å². The molecular formula is C27H24ClFN8O3S. The molecule has 11 nitrogen and oxygen atoms in total. The number of carbonyl (C=O) groups is 3. The Labute approximate surface area is 243 Å². The van der Waals surface area contributed by atoms with Crippen molar-refractivity contribution < 1.29 is 18.8 Å². The van der Waals surface area contributed by atoms with Gasteiger partial charge >= 0.3 is 6.03 Å². The smallest absolute Gasteiger partial charge is 0.328 e. The molecule has 0 atom stereocenters. The summed E-state index contributed by atoms with van der Waals surface area (Å²) in [6.45, 7) is 3.87. The van der Waals surface area contributed by atoms with Gasteiger partial charge in [0.15, 0.2) is 5.13 Å². The van der Waals surface area contributed by atoms with Crippen LogP contribution in [0.3, 0.4) is 0 Å². The summed E-state index contributed by atoms with van der Waals surface area (Å²) in [6.07, 6.45) is 1.61. The molecule has 0 unspecified atom stereocenters. The summed E-state index contributed by atoms with van der Waals surface area (Å²) in [6, 6.07) is 10.9. The normalized spacial score (nSPS) is 13.1. The third kappa shape index (κ3) is 6.58. The predicted octanol–water partition coefficient (Wildman–Crippen LogP) is 5.40. The molecule has 4 aromatic rings. The molecule has 1 fully saturated rings.